The third-order valence-corrected chi connectivity index (χ3v) is 1.67. The zero-order valence-corrected chi connectivity index (χ0v) is 6.50. The molecule has 0 spiro atoms. The van der Waals surface area contributed by atoms with E-state index in [0.717, 1.165) is 6.21 Å². The molecule has 0 fully saturated rings. The average Bonchev–Trinajstić information content (AvgIpc) is 1.80. The number of rotatable bonds is 0. The predicted octanol–water partition coefficient (Wildman–Crippen LogP) is 1.25. The molecule has 1 amide bonds. The van der Waals surface area contributed by atoms with Crippen molar-refractivity contribution in [2.45, 2.75) is 6.17 Å². The highest BCUT2D eigenvalue weighted by Gasteiger charge is 2.12. The maximum Gasteiger partial charge on any atom is 0.282 e. The lowest BCUT2D eigenvalue weighted by Gasteiger charge is -2.00. The van der Waals surface area contributed by atoms with Gasteiger partial charge in [-0.1, -0.05) is 0 Å². The molecule has 2 nitrogen and oxygen atoms in total. The molecule has 1 unspecified atom stereocenters. The number of nitrogens with zero attached hydrogens (tertiary/aromatic N) is 1. The first-order valence-electron chi connectivity index (χ1n) is 2.30. The van der Waals surface area contributed by atoms with E-state index >= 15 is 0 Å². The van der Waals surface area contributed by atoms with E-state index < -0.39 is 6.17 Å². The van der Waals surface area contributed by atoms with Crippen LogP contribution in [0, 0.1) is 0 Å². The highest BCUT2D eigenvalue weighted by atomic mass is 127. The van der Waals surface area contributed by atoms with E-state index in [0.29, 0.717) is 3.58 Å². The van der Waals surface area contributed by atoms with Crippen LogP contribution in [-0.4, -0.2) is 18.3 Å². The molecule has 0 bridgehead atoms. The summed E-state index contributed by atoms with van der Waals surface area (Å²) in [5.41, 5.74) is 0. The number of hydrogen-bond acceptors (Lipinski definition) is 1. The Bertz CT molecular complexity index is 199. The summed E-state index contributed by atoms with van der Waals surface area (Å²) in [6.45, 7) is 0. The fourth-order valence-corrected chi connectivity index (χ4v) is 0.937. The molecule has 1 aliphatic heterocycles. The molecular weight excluding hydrogens is 236 g/mol. The van der Waals surface area contributed by atoms with Crippen LogP contribution in [0.5, 0.6) is 0 Å². The second-order valence-electron chi connectivity index (χ2n) is 1.54. The van der Waals surface area contributed by atoms with Crippen LogP contribution >= 0.6 is 22.6 Å². The van der Waals surface area contributed by atoms with E-state index in [9.17, 15) is 9.18 Å². The van der Waals surface area contributed by atoms with Crippen LogP contribution in [-0.2, 0) is 4.79 Å². The summed E-state index contributed by atoms with van der Waals surface area (Å²) in [5, 5.41) is 0. The van der Waals surface area contributed by atoms with E-state index in [1.165, 1.54) is 6.08 Å². The number of carbonyl (C=O) groups is 1. The number of dihydropyridines is 1. The van der Waals surface area contributed by atoms with Crippen LogP contribution in [0.3, 0.4) is 0 Å². The first kappa shape index (κ1) is 6.85. The summed E-state index contributed by atoms with van der Waals surface area (Å²) in [6, 6.07) is 0. The molecular formula is C5H3FINO. The summed E-state index contributed by atoms with van der Waals surface area (Å²) >= 11 is 1.76. The third-order valence-electron chi connectivity index (χ3n) is 0.844. The summed E-state index contributed by atoms with van der Waals surface area (Å²) < 4.78 is 12.6. The molecule has 9 heavy (non-hydrogen) atoms. The van der Waals surface area contributed by atoms with Crippen LogP contribution in [0.15, 0.2) is 14.6 Å². The van der Waals surface area contributed by atoms with Crippen molar-refractivity contribution in [1.29, 1.82) is 0 Å². The Labute approximate surface area is 65.0 Å². The number of alkyl halides is 1. The van der Waals surface area contributed by atoms with Crippen molar-refractivity contribution in [3.05, 3.63) is 9.66 Å². The number of hydrogen-bond donors (Lipinski definition) is 0. The maximum absolute atomic E-state index is 12.2. The van der Waals surface area contributed by atoms with Gasteiger partial charge in [0.15, 0.2) is 6.17 Å². The molecule has 1 aliphatic rings. The van der Waals surface area contributed by atoms with Crippen molar-refractivity contribution in [3.8, 4) is 0 Å². The number of allylic oxidation sites excluding steroid dienone is 1. The summed E-state index contributed by atoms with van der Waals surface area (Å²) in [4.78, 5) is 13.8. The Balaban J connectivity index is 2.82. The van der Waals surface area contributed by atoms with Gasteiger partial charge >= 0.3 is 0 Å². The fourth-order valence-electron chi connectivity index (χ4n) is 0.455. The minimum absolute atomic E-state index is 0.350. The SMILES string of the molecule is O=C1N=CC(F)C=C1I. The van der Waals surface area contributed by atoms with Crippen molar-refractivity contribution < 1.29 is 9.18 Å². The van der Waals surface area contributed by atoms with Crippen LogP contribution < -0.4 is 0 Å². The zero-order chi connectivity index (χ0) is 6.85. The van der Waals surface area contributed by atoms with E-state index in [2.05, 4.69) is 4.99 Å². The van der Waals surface area contributed by atoms with Crippen LogP contribution in [0.1, 0.15) is 0 Å². The Morgan fingerprint density at radius 2 is 2.44 bits per heavy atom. The van der Waals surface area contributed by atoms with Gasteiger partial charge in [0.1, 0.15) is 0 Å². The minimum Gasteiger partial charge on any atom is -0.266 e. The maximum atomic E-state index is 12.2. The largest absolute Gasteiger partial charge is 0.282 e. The lowest BCUT2D eigenvalue weighted by molar-refractivity contribution is -0.113. The van der Waals surface area contributed by atoms with Gasteiger partial charge in [0.25, 0.3) is 5.91 Å². The molecule has 0 aromatic heterocycles. The standard InChI is InChI=1S/C5H3FINO/c6-3-1-4(7)5(9)8-2-3/h1-3H. The van der Waals surface area contributed by atoms with Gasteiger partial charge in [0, 0.05) is 6.21 Å². The molecule has 0 aliphatic carbocycles. The van der Waals surface area contributed by atoms with Crippen molar-refractivity contribution in [2.75, 3.05) is 0 Å². The molecule has 0 N–H and O–H groups in total. The van der Waals surface area contributed by atoms with Crippen molar-refractivity contribution in [2.24, 2.45) is 4.99 Å². The number of halogens is 2. The molecule has 0 saturated carbocycles. The lowest BCUT2D eigenvalue weighted by atomic mass is 10.3. The molecule has 4 heteroatoms. The Morgan fingerprint density at radius 1 is 1.78 bits per heavy atom. The first-order chi connectivity index (χ1) is 4.20. The van der Waals surface area contributed by atoms with E-state index in [4.69, 9.17) is 0 Å². The molecule has 1 rings (SSSR count). The molecule has 0 aromatic rings. The van der Waals surface area contributed by atoms with Gasteiger partial charge in [0.2, 0.25) is 0 Å². The third kappa shape index (κ3) is 1.57. The highest BCUT2D eigenvalue weighted by Crippen LogP contribution is 2.13. The minimum atomic E-state index is -1.19. The van der Waals surface area contributed by atoms with Gasteiger partial charge in [-0.3, -0.25) is 4.79 Å². The Hall–Kier alpha value is -0.260. The highest BCUT2D eigenvalue weighted by molar-refractivity contribution is 14.1. The summed E-state index contributed by atoms with van der Waals surface area (Å²) in [5.74, 6) is -0.357. The van der Waals surface area contributed by atoms with Gasteiger partial charge in [-0.25, -0.2) is 9.38 Å². The molecule has 0 radical (unpaired) electrons. The van der Waals surface area contributed by atoms with Gasteiger partial charge < -0.3 is 0 Å². The van der Waals surface area contributed by atoms with Gasteiger partial charge in [-0.05, 0) is 28.7 Å². The van der Waals surface area contributed by atoms with Gasteiger partial charge in [-0.2, -0.15) is 0 Å². The fraction of sp³-hybridized carbons (Fsp3) is 0.200. The molecule has 48 valence electrons. The van der Waals surface area contributed by atoms with Crippen LogP contribution in [0.4, 0.5) is 4.39 Å². The number of amides is 1. The van der Waals surface area contributed by atoms with Crippen molar-refractivity contribution in [1.82, 2.24) is 0 Å². The van der Waals surface area contributed by atoms with Crippen LogP contribution in [0.25, 0.3) is 0 Å². The van der Waals surface area contributed by atoms with Crippen molar-refractivity contribution >= 4 is 34.7 Å². The predicted molar refractivity (Wildman–Crippen MR) is 40.5 cm³/mol. The molecule has 1 atom stereocenters. The van der Waals surface area contributed by atoms with Gasteiger partial charge in [0.05, 0.1) is 3.58 Å². The normalized spacial score (nSPS) is 26.2. The molecule has 0 aromatic carbocycles. The van der Waals surface area contributed by atoms with Gasteiger partial charge in [-0.15, -0.1) is 0 Å². The monoisotopic (exact) mass is 239 g/mol. The van der Waals surface area contributed by atoms with E-state index in [1.54, 1.807) is 22.6 Å². The molecule has 1 heterocycles. The lowest BCUT2D eigenvalue weighted by Crippen LogP contribution is -2.08. The van der Waals surface area contributed by atoms with E-state index in [-0.39, 0.29) is 5.91 Å². The molecule has 0 saturated heterocycles. The van der Waals surface area contributed by atoms with Crippen LogP contribution in [0.2, 0.25) is 0 Å². The Morgan fingerprint density at radius 3 is 2.89 bits per heavy atom. The second-order valence-corrected chi connectivity index (χ2v) is 2.70. The smallest absolute Gasteiger partial charge is 0.266 e. The second kappa shape index (κ2) is 2.55. The number of carbonyl (C=O) groups excluding carboxylic acids is 1. The first-order valence-corrected chi connectivity index (χ1v) is 3.38. The average molecular weight is 239 g/mol. The topological polar surface area (TPSA) is 29.4 Å². The number of aliphatic imine (C=N–C) groups is 1. The summed E-state index contributed by atoms with van der Waals surface area (Å²) in [7, 11) is 0. The Kier molecular flexibility index (Phi) is 1.94. The quantitative estimate of drug-likeness (QED) is 0.585. The van der Waals surface area contributed by atoms with Crippen molar-refractivity contribution in [3.63, 3.8) is 0 Å². The van der Waals surface area contributed by atoms with E-state index in [1.807, 2.05) is 0 Å². The zero-order valence-electron chi connectivity index (χ0n) is 4.34. The summed E-state index contributed by atoms with van der Waals surface area (Å²) in [6.07, 6.45) is 1.04.